The van der Waals surface area contributed by atoms with Gasteiger partial charge in [-0.15, -0.1) is 11.3 Å². The van der Waals surface area contributed by atoms with E-state index in [0.29, 0.717) is 19.0 Å². The summed E-state index contributed by atoms with van der Waals surface area (Å²) in [6.07, 6.45) is 0.972. The zero-order valence-corrected chi connectivity index (χ0v) is 20.9. The molecule has 0 aliphatic carbocycles. The molecule has 0 atom stereocenters. The van der Waals surface area contributed by atoms with Crippen molar-refractivity contribution in [2.24, 2.45) is 5.92 Å². The molecule has 0 unspecified atom stereocenters. The summed E-state index contributed by atoms with van der Waals surface area (Å²) in [5.74, 6) is 1.24. The predicted octanol–water partition coefficient (Wildman–Crippen LogP) is 7.28. The minimum Gasteiger partial charge on any atom is -0.481 e. The van der Waals surface area contributed by atoms with E-state index in [1.54, 1.807) is 11.3 Å². The monoisotopic (exact) mass is 486 g/mol. The van der Waals surface area contributed by atoms with Gasteiger partial charge in [0.15, 0.2) is 5.13 Å². The Labute approximate surface area is 210 Å². The van der Waals surface area contributed by atoms with Crippen molar-refractivity contribution >= 4 is 22.4 Å². The largest absolute Gasteiger partial charge is 0.481 e. The first-order valence-electron chi connectivity index (χ1n) is 11.8. The minimum atomic E-state index is -0.809. The topological polar surface area (TPSA) is 62.7 Å². The quantitative estimate of drug-likeness (QED) is 0.241. The van der Waals surface area contributed by atoms with Crippen LogP contribution in [0.25, 0.3) is 11.3 Å². The van der Waals surface area contributed by atoms with Crippen LogP contribution in [0.2, 0.25) is 0 Å². The summed E-state index contributed by atoms with van der Waals surface area (Å²) in [5, 5.41) is 10.2. The zero-order chi connectivity index (χ0) is 24.6. The van der Waals surface area contributed by atoms with Crippen LogP contribution in [0.4, 0.5) is 5.13 Å². The summed E-state index contributed by atoms with van der Waals surface area (Å²) in [6, 6.07) is 27.8. The van der Waals surface area contributed by atoms with Gasteiger partial charge in [0.1, 0.15) is 11.5 Å². The van der Waals surface area contributed by atoms with Gasteiger partial charge in [-0.25, -0.2) is 4.98 Å². The van der Waals surface area contributed by atoms with E-state index in [0.717, 1.165) is 39.9 Å². The molecule has 0 saturated heterocycles. The fourth-order valence-electron chi connectivity index (χ4n) is 3.79. The first-order valence-corrected chi connectivity index (χ1v) is 12.6. The molecule has 0 spiro atoms. The van der Waals surface area contributed by atoms with Gasteiger partial charge in [0.05, 0.1) is 12.1 Å². The Balaban J connectivity index is 1.63. The number of anilines is 1. The van der Waals surface area contributed by atoms with Gasteiger partial charge in [0.2, 0.25) is 0 Å². The fraction of sp³-hybridized carbons (Fsp3) is 0.241. The first kappa shape index (κ1) is 24.5. The van der Waals surface area contributed by atoms with Crippen LogP contribution in [0.3, 0.4) is 0 Å². The highest BCUT2D eigenvalue weighted by Crippen LogP contribution is 2.36. The van der Waals surface area contributed by atoms with Crippen LogP contribution in [0.1, 0.15) is 30.7 Å². The Morgan fingerprint density at radius 3 is 2.20 bits per heavy atom. The Hall–Kier alpha value is -3.64. The summed E-state index contributed by atoms with van der Waals surface area (Å²) in [5.41, 5.74) is 3.11. The van der Waals surface area contributed by atoms with Crippen LogP contribution in [-0.2, 0) is 17.8 Å². The lowest BCUT2D eigenvalue weighted by Gasteiger charge is -2.21. The second-order valence-electron chi connectivity index (χ2n) is 8.86. The zero-order valence-electron chi connectivity index (χ0n) is 20.1. The number of rotatable bonds is 11. The highest BCUT2D eigenvalue weighted by Gasteiger charge is 2.19. The van der Waals surface area contributed by atoms with E-state index in [9.17, 15) is 9.90 Å². The number of nitrogens with zero attached hydrogens (tertiary/aromatic N) is 2. The van der Waals surface area contributed by atoms with E-state index in [1.165, 1.54) is 4.88 Å². The van der Waals surface area contributed by atoms with Gasteiger partial charge in [-0.1, -0.05) is 62.4 Å². The molecule has 0 saturated carbocycles. The van der Waals surface area contributed by atoms with Gasteiger partial charge in [0, 0.05) is 23.5 Å². The standard InChI is InChI=1S/C29H30N2O3S/c1-21(2)19-26-28(23-13-15-25(16-14-23)34-24-11-7-4-8-12-24)30-29(35-26)31(18-17-27(32)33)20-22-9-5-3-6-10-22/h3-16,21H,17-20H2,1-2H3,(H,32,33). The Morgan fingerprint density at radius 2 is 1.57 bits per heavy atom. The SMILES string of the molecule is CC(C)Cc1sc(N(CCC(=O)O)Cc2ccccc2)nc1-c1ccc(Oc2ccccc2)cc1. The second kappa shape index (κ2) is 11.7. The molecular formula is C29H30N2O3S. The molecule has 35 heavy (non-hydrogen) atoms. The highest BCUT2D eigenvalue weighted by atomic mass is 32.1. The maximum absolute atomic E-state index is 11.3. The molecule has 3 aromatic carbocycles. The lowest BCUT2D eigenvalue weighted by atomic mass is 10.0. The van der Waals surface area contributed by atoms with Crippen LogP contribution >= 0.6 is 11.3 Å². The van der Waals surface area contributed by atoms with Crippen molar-refractivity contribution in [3.05, 3.63) is 95.4 Å². The average molecular weight is 487 g/mol. The predicted molar refractivity (Wildman–Crippen MR) is 142 cm³/mol. The van der Waals surface area contributed by atoms with Crippen molar-refractivity contribution < 1.29 is 14.6 Å². The Morgan fingerprint density at radius 1 is 0.943 bits per heavy atom. The van der Waals surface area contributed by atoms with Crippen molar-refractivity contribution in [2.75, 3.05) is 11.4 Å². The number of carboxylic acid groups (broad SMARTS) is 1. The van der Waals surface area contributed by atoms with E-state index in [4.69, 9.17) is 9.72 Å². The third-order valence-electron chi connectivity index (χ3n) is 5.47. The van der Waals surface area contributed by atoms with Crippen molar-refractivity contribution in [3.8, 4) is 22.8 Å². The average Bonchev–Trinajstić information content (AvgIpc) is 3.26. The summed E-state index contributed by atoms with van der Waals surface area (Å²) in [4.78, 5) is 19.7. The number of benzene rings is 3. The van der Waals surface area contributed by atoms with Crippen LogP contribution in [0, 0.1) is 5.92 Å². The molecular weight excluding hydrogens is 456 g/mol. The van der Waals surface area contributed by atoms with Crippen LogP contribution < -0.4 is 9.64 Å². The molecule has 0 aliphatic rings. The summed E-state index contributed by atoms with van der Waals surface area (Å²) < 4.78 is 5.95. The molecule has 180 valence electrons. The Kier molecular flexibility index (Phi) is 8.16. The summed E-state index contributed by atoms with van der Waals surface area (Å²) >= 11 is 1.66. The van der Waals surface area contributed by atoms with Gasteiger partial charge in [-0.2, -0.15) is 0 Å². The summed E-state index contributed by atoms with van der Waals surface area (Å²) in [7, 11) is 0. The highest BCUT2D eigenvalue weighted by molar-refractivity contribution is 7.16. The first-order chi connectivity index (χ1) is 17.0. The number of aromatic nitrogens is 1. The minimum absolute atomic E-state index is 0.0623. The molecule has 5 nitrogen and oxygen atoms in total. The van der Waals surface area contributed by atoms with Gasteiger partial charge in [-0.05, 0) is 54.3 Å². The molecule has 0 aliphatic heterocycles. The fourth-order valence-corrected chi connectivity index (χ4v) is 5.11. The molecule has 4 aromatic rings. The molecule has 6 heteroatoms. The van der Waals surface area contributed by atoms with Crippen LogP contribution in [0.5, 0.6) is 11.5 Å². The maximum atomic E-state index is 11.3. The molecule has 0 fully saturated rings. The van der Waals surface area contributed by atoms with E-state index < -0.39 is 5.97 Å². The molecule has 4 rings (SSSR count). The van der Waals surface area contributed by atoms with Crippen molar-refractivity contribution in [3.63, 3.8) is 0 Å². The number of ether oxygens (including phenoxy) is 1. The summed E-state index contributed by atoms with van der Waals surface area (Å²) in [6.45, 7) is 5.42. The molecule has 0 amide bonds. The van der Waals surface area contributed by atoms with Gasteiger partial charge in [0.25, 0.3) is 0 Å². The number of hydrogen-bond donors (Lipinski definition) is 1. The number of para-hydroxylation sites is 1. The molecule has 0 bridgehead atoms. The third kappa shape index (κ3) is 6.93. The van der Waals surface area contributed by atoms with E-state index in [-0.39, 0.29) is 6.42 Å². The smallest absolute Gasteiger partial charge is 0.305 e. The molecule has 1 N–H and O–H groups in total. The maximum Gasteiger partial charge on any atom is 0.305 e. The van der Waals surface area contributed by atoms with Crippen LogP contribution in [-0.4, -0.2) is 22.6 Å². The lowest BCUT2D eigenvalue weighted by molar-refractivity contribution is -0.136. The normalized spacial score (nSPS) is 10.9. The molecule has 1 aromatic heterocycles. The number of carbonyl (C=O) groups is 1. The van der Waals surface area contributed by atoms with E-state index in [2.05, 4.69) is 30.9 Å². The van der Waals surface area contributed by atoms with E-state index in [1.807, 2.05) is 72.8 Å². The van der Waals surface area contributed by atoms with Gasteiger partial charge in [-0.3, -0.25) is 4.79 Å². The lowest BCUT2D eigenvalue weighted by Crippen LogP contribution is -2.25. The second-order valence-corrected chi connectivity index (χ2v) is 9.92. The van der Waals surface area contributed by atoms with Gasteiger partial charge < -0.3 is 14.7 Å². The Bertz CT molecular complexity index is 1220. The number of carboxylic acids is 1. The van der Waals surface area contributed by atoms with Crippen molar-refractivity contribution in [1.82, 2.24) is 4.98 Å². The number of hydrogen-bond acceptors (Lipinski definition) is 5. The number of aliphatic carboxylic acids is 1. The molecule has 1 heterocycles. The van der Waals surface area contributed by atoms with Gasteiger partial charge >= 0.3 is 5.97 Å². The van der Waals surface area contributed by atoms with Crippen LogP contribution in [0.15, 0.2) is 84.9 Å². The number of thiazole rings is 1. The van der Waals surface area contributed by atoms with E-state index >= 15 is 0 Å². The van der Waals surface area contributed by atoms with Crippen molar-refractivity contribution in [2.45, 2.75) is 33.2 Å². The molecule has 0 radical (unpaired) electrons. The third-order valence-corrected chi connectivity index (χ3v) is 6.61. The van der Waals surface area contributed by atoms with Crippen molar-refractivity contribution in [1.29, 1.82) is 0 Å².